The zero-order valence-electron chi connectivity index (χ0n) is 11.5. The molecule has 1 aliphatic heterocycles. The van der Waals surface area contributed by atoms with Gasteiger partial charge in [-0.2, -0.15) is 0 Å². The largest absolute Gasteiger partial charge is 0.493 e. The predicted molar refractivity (Wildman–Crippen MR) is 80.3 cm³/mol. The highest BCUT2D eigenvalue weighted by atomic mass is 35.5. The van der Waals surface area contributed by atoms with Gasteiger partial charge in [-0.3, -0.25) is 0 Å². The second-order valence-corrected chi connectivity index (χ2v) is 5.64. The molecule has 1 N–H and O–H groups in total. The number of fused-ring (bicyclic) bond motifs is 1. The molecule has 0 radical (unpaired) electrons. The Morgan fingerprint density at radius 2 is 2.14 bits per heavy atom. The summed E-state index contributed by atoms with van der Waals surface area (Å²) in [7, 11) is 0. The second kappa shape index (κ2) is 6.04. The maximum atomic E-state index is 13.7. The minimum atomic E-state index is -0.900. The first-order valence-electron chi connectivity index (χ1n) is 7.02. The monoisotopic (exact) mass is 306 g/mol. The summed E-state index contributed by atoms with van der Waals surface area (Å²) in [6.45, 7) is 0.728. The van der Waals surface area contributed by atoms with Gasteiger partial charge in [0.25, 0.3) is 0 Å². The van der Waals surface area contributed by atoms with Crippen molar-refractivity contribution >= 4 is 11.6 Å². The van der Waals surface area contributed by atoms with Gasteiger partial charge in [0, 0.05) is 17.0 Å². The molecular weight excluding hydrogens is 291 g/mol. The third kappa shape index (κ3) is 3.04. The van der Waals surface area contributed by atoms with E-state index in [2.05, 4.69) is 6.07 Å². The van der Waals surface area contributed by atoms with E-state index in [4.69, 9.17) is 16.3 Å². The molecule has 3 rings (SSSR count). The van der Waals surface area contributed by atoms with Crippen LogP contribution in [-0.4, -0.2) is 11.7 Å². The molecule has 1 unspecified atom stereocenters. The highest BCUT2D eigenvalue weighted by Gasteiger charge is 2.17. The van der Waals surface area contributed by atoms with Gasteiger partial charge >= 0.3 is 0 Å². The summed E-state index contributed by atoms with van der Waals surface area (Å²) in [5.41, 5.74) is 2.50. The molecule has 0 saturated heterocycles. The third-order valence-electron chi connectivity index (χ3n) is 3.79. The van der Waals surface area contributed by atoms with Gasteiger partial charge in [-0.25, -0.2) is 4.39 Å². The summed E-state index contributed by atoms with van der Waals surface area (Å²) in [6, 6.07) is 10.5. The summed E-state index contributed by atoms with van der Waals surface area (Å²) < 4.78 is 19.2. The normalized spacial score (nSPS) is 14.6. The van der Waals surface area contributed by atoms with Crippen LogP contribution in [0.15, 0.2) is 36.4 Å². The fourth-order valence-electron chi connectivity index (χ4n) is 2.67. The van der Waals surface area contributed by atoms with Crippen LogP contribution < -0.4 is 4.74 Å². The fraction of sp³-hybridized carbons (Fsp3) is 0.294. The Kier molecular flexibility index (Phi) is 4.13. The lowest BCUT2D eigenvalue weighted by Gasteiger charge is -2.14. The Bertz CT molecular complexity index is 637. The van der Waals surface area contributed by atoms with E-state index in [0.717, 1.165) is 24.3 Å². The van der Waals surface area contributed by atoms with Crippen LogP contribution in [0.2, 0.25) is 5.02 Å². The molecule has 0 aliphatic carbocycles. The molecule has 0 amide bonds. The van der Waals surface area contributed by atoms with Crippen LogP contribution in [0, 0.1) is 5.82 Å². The van der Waals surface area contributed by atoms with Gasteiger partial charge in [0.1, 0.15) is 11.6 Å². The van der Waals surface area contributed by atoms with Gasteiger partial charge in [-0.05, 0) is 42.2 Å². The van der Waals surface area contributed by atoms with Gasteiger partial charge in [0.05, 0.1) is 12.7 Å². The summed E-state index contributed by atoms with van der Waals surface area (Å²) >= 11 is 5.97. The van der Waals surface area contributed by atoms with E-state index in [1.165, 1.54) is 17.7 Å². The number of hydrogen-bond donors (Lipinski definition) is 1. The number of rotatable bonds is 4. The molecule has 4 heteroatoms. The number of halogens is 2. The minimum Gasteiger partial charge on any atom is -0.493 e. The molecule has 2 aromatic rings. The maximum Gasteiger partial charge on any atom is 0.130 e. The first kappa shape index (κ1) is 14.4. The minimum absolute atomic E-state index is 0.184. The molecule has 2 aromatic carbocycles. The van der Waals surface area contributed by atoms with Crippen molar-refractivity contribution in [2.45, 2.75) is 25.4 Å². The van der Waals surface area contributed by atoms with Crippen molar-refractivity contribution in [2.24, 2.45) is 0 Å². The summed E-state index contributed by atoms with van der Waals surface area (Å²) in [5, 5.41) is 10.5. The molecule has 21 heavy (non-hydrogen) atoms. The smallest absolute Gasteiger partial charge is 0.130 e. The number of benzene rings is 2. The third-order valence-corrected chi connectivity index (χ3v) is 4.12. The van der Waals surface area contributed by atoms with E-state index in [-0.39, 0.29) is 10.6 Å². The lowest BCUT2D eigenvalue weighted by molar-refractivity contribution is 0.163. The molecule has 1 heterocycles. The van der Waals surface area contributed by atoms with Crippen LogP contribution in [-0.2, 0) is 12.8 Å². The number of aliphatic hydroxyl groups excluding tert-OH is 1. The van der Waals surface area contributed by atoms with Crippen molar-refractivity contribution in [1.29, 1.82) is 0 Å². The molecule has 0 spiro atoms. The molecule has 0 saturated carbocycles. The maximum absolute atomic E-state index is 13.7. The first-order valence-corrected chi connectivity index (χ1v) is 7.39. The molecule has 110 valence electrons. The van der Waals surface area contributed by atoms with Crippen LogP contribution in [0.5, 0.6) is 5.75 Å². The van der Waals surface area contributed by atoms with Crippen molar-refractivity contribution in [3.05, 3.63) is 63.9 Å². The predicted octanol–water partition coefficient (Wildman–Crippen LogP) is 4.08. The molecule has 0 fully saturated rings. The molecule has 1 aliphatic rings. The number of aliphatic hydroxyl groups is 1. The second-order valence-electron chi connectivity index (χ2n) is 5.23. The topological polar surface area (TPSA) is 29.5 Å². The van der Waals surface area contributed by atoms with Crippen LogP contribution in [0.25, 0.3) is 0 Å². The van der Waals surface area contributed by atoms with E-state index in [1.54, 1.807) is 6.07 Å². The number of hydrogen-bond acceptors (Lipinski definition) is 2. The Hall–Kier alpha value is -1.58. The Morgan fingerprint density at radius 1 is 1.29 bits per heavy atom. The zero-order valence-corrected chi connectivity index (χ0v) is 12.2. The molecule has 0 bridgehead atoms. The van der Waals surface area contributed by atoms with Crippen LogP contribution in [0.3, 0.4) is 0 Å². The first-order chi connectivity index (χ1) is 10.1. The Morgan fingerprint density at radius 3 is 2.95 bits per heavy atom. The van der Waals surface area contributed by atoms with E-state index < -0.39 is 11.9 Å². The average molecular weight is 307 g/mol. The standard InChI is InChI=1S/C17H16ClFO2/c18-13-2-1-3-14(19)17(13)15(20)6-4-11-5-7-16-12(10-11)8-9-21-16/h1-3,5,7,10,15,20H,4,6,8-9H2. The number of aryl methyl sites for hydroxylation is 1. The van der Waals surface area contributed by atoms with Crippen LogP contribution in [0.4, 0.5) is 4.39 Å². The Balaban J connectivity index is 1.70. The van der Waals surface area contributed by atoms with Crippen molar-refractivity contribution in [3.8, 4) is 5.75 Å². The van der Waals surface area contributed by atoms with E-state index in [9.17, 15) is 9.50 Å². The van der Waals surface area contributed by atoms with Crippen molar-refractivity contribution in [1.82, 2.24) is 0 Å². The Labute approximate surface area is 128 Å². The lowest BCUT2D eigenvalue weighted by Crippen LogP contribution is -2.03. The van der Waals surface area contributed by atoms with Gasteiger partial charge in [-0.15, -0.1) is 0 Å². The summed E-state index contributed by atoms with van der Waals surface area (Å²) in [6.07, 6.45) is 1.12. The van der Waals surface area contributed by atoms with Gasteiger partial charge in [0.15, 0.2) is 0 Å². The molecule has 1 atom stereocenters. The SMILES string of the molecule is OC(CCc1ccc2c(c1)CCO2)c1c(F)cccc1Cl. The molecular formula is C17H16ClFO2. The highest BCUT2D eigenvalue weighted by molar-refractivity contribution is 6.31. The van der Waals surface area contributed by atoms with Crippen LogP contribution in [0.1, 0.15) is 29.2 Å². The van der Waals surface area contributed by atoms with Crippen molar-refractivity contribution in [2.75, 3.05) is 6.61 Å². The van der Waals surface area contributed by atoms with E-state index in [1.807, 2.05) is 12.1 Å². The van der Waals surface area contributed by atoms with Crippen molar-refractivity contribution < 1.29 is 14.2 Å². The number of ether oxygens (including phenoxy) is 1. The summed E-state index contributed by atoms with van der Waals surface area (Å²) in [4.78, 5) is 0. The van der Waals surface area contributed by atoms with Gasteiger partial charge in [0.2, 0.25) is 0 Å². The van der Waals surface area contributed by atoms with Gasteiger partial charge < -0.3 is 9.84 Å². The molecule has 0 aromatic heterocycles. The van der Waals surface area contributed by atoms with Crippen LogP contribution >= 0.6 is 11.6 Å². The molecule has 2 nitrogen and oxygen atoms in total. The highest BCUT2D eigenvalue weighted by Crippen LogP contribution is 2.30. The quantitative estimate of drug-likeness (QED) is 0.922. The van der Waals surface area contributed by atoms with Crippen molar-refractivity contribution in [3.63, 3.8) is 0 Å². The zero-order chi connectivity index (χ0) is 14.8. The summed E-state index contributed by atoms with van der Waals surface area (Å²) in [5.74, 6) is 0.480. The fourth-order valence-corrected chi connectivity index (χ4v) is 2.96. The van der Waals surface area contributed by atoms with E-state index >= 15 is 0 Å². The van der Waals surface area contributed by atoms with E-state index in [0.29, 0.717) is 12.8 Å². The van der Waals surface area contributed by atoms with Gasteiger partial charge in [-0.1, -0.05) is 29.8 Å². The average Bonchev–Trinajstić information content (AvgIpc) is 2.92. The lowest BCUT2D eigenvalue weighted by atomic mass is 9.99.